The van der Waals surface area contributed by atoms with Gasteiger partial charge in [0.05, 0.1) is 10.8 Å². The van der Waals surface area contributed by atoms with E-state index in [0.29, 0.717) is 32.1 Å². The fraction of sp³-hybridized carbons (Fsp3) is 0.667. The van der Waals surface area contributed by atoms with Crippen LogP contribution in [0.5, 0.6) is 0 Å². The van der Waals surface area contributed by atoms with E-state index in [1.54, 1.807) is 13.8 Å². The van der Waals surface area contributed by atoms with Gasteiger partial charge in [-0.15, -0.1) is 0 Å². The van der Waals surface area contributed by atoms with Crippen LogP contribution in [0.4, 0.5) is 0 Å². The molecule has 0 amide bonds. The van der Waals surface area contributed by atoms with Gasteiger partial charge in [-0.1, -0.05) is 13.2 Å². The molecule has 0 N–H and O–H groups in total. The summed E-state index contributed by atoms with van der Waals surface area (Å²) < 4.78 is 20.9. The van der Waals surface area contributed by atoms with Crippen molar-refractivity contribution in [1.29, 1.82) is 0 Å². The van der Waals surface area contributed by atoms with Gasteiger partial charge in [0.2, 0.25) is 0 Å². The van der Waals surface area contributed by atoms with Crippen molar-refractivity contribution in [3.05, 3.63) is 24.3 Å². The summed E-state index contributed by atoms with van der Waals surface area (Å²) in [6, 6.07) is 0. The van der Waals surface area contributed by atoms with Gasteiger partial charge in [-0.25, -0.2) is 9.59 Å². The Kier molecular flexibility index (Phi) is 7.10. The summed E-state index contributed by atoms with van der Waals surface area (Å²) in [4.78, 5) is 49.0. The van der Waals surface area contributed by atoms with Gasteiger partial charge in [-0.05, 0) is 64.2 Å². The average molecular weight is 449 g/mol. The molecule has 0 aromatic carbocycles. The molecule has 176 valence electrons. The van der Waals surface area contributed by atoms with E-state index in [-0.39, 0.29) is 61.3 Å². The summed E-state index contributed by atoms with van der Waals surface area (Å²) in [6.45, 7) is 10.00. The molecule has 0 atom stereocenters. The number of carbonyl (C=O) groups is 4. The zero-order valence-corrected chi connectivity index (χ0v) is 18.9. The number of rotatable bonds is 10. The second kappa shape index (κ2) is 9.46. The van der Waals surface area contributed by atoms with E-state index in [4.69, 9.17) is 18.9 Å². The second-order valence-corrected chi connectivity index (χ2v) is 9.63. The normalized spacial score (nSPS) is 29.7. The summed E-state index contributed by atoms with van der Waals surface area (Å²) in [5, 5.41) is 0. The Hall–Kier alpha value is -2.64. The number of carbonyl (C=O) groups excluding carboxylic acids is 4. The summed E-state index contributed by atoms with van der Waals surface area (Å²) in [5.74, 6) is -1.15. The highest BCUT2D eigenvalue weighted by Crippen LogP contribution is 2.65. The molecule has 4 aliphatic rings. The summed E-state index contributed by atoms with van der Waals surface area (Å²) in [5.41, 5.74) is -0.832. The molecule has 0 aromatic rings. The van der Waals surface area contributed by atoms with Gasteiger partial charge in [-0.2, -0.15) is 0 Å². The van der Waals surface area contributed by atoms with Crippen LogP contribution in [-0.2, 0) is 38.1 Å². The standard InChI is InChI=1S/C24H32O8/c1-15(2)19(25)29-5-7-31-21(27)23-10-17-9-18(11-23)13-24(12-17,14-23)22(28)32-8-6-30-20(26)16(3)4/h17-18H,1,3,5-14H2,2,4H3. The Balaban J connectivity index is 1.56. The Labute approximate surface area is 188 Å². The highest BCUT2D eigenvalue weighted by atomic mass is 16.6. The fourth-order valence-electron chi connectivity index (χ4n) is 5.83. The topological polar surface area (TPSA) is 105 Å². The van der Waals surface area contributed by atoms with E-state index in [2.05, 4.69) is 13.2 Å². The van der Waals surface area contributed by atoms with Crippen LogP contribution in [0.25, 0.3) is 0 Å². The van der Waals surface area contributed by atoms with Crippen LogP contribution in [0.1, 0.15) is 52.4 Å². The zero-order valence-electron chi connectivity index (χ0n) is 18.9. The van der Waals surface area contributed by atoms with E-state index in [1.807, 2.05) is 0 Å². The molecule has 0 unspecified atom stereocenters. The molecule has 4 aliphatic carbocycles. The SMILES string of the molecule is C=C(C)C(=O)OCCOC(=O)C12CC3CC(C1)CC(C(=O)OCCOC(=O)C(=C)C)(C3)C2. The van der Waals surface area contributed by atoms with Crippen molar-refractivity contribution >= 4 is 23.9 Å². The van der Waals surface area contributed by atoms with Crippen molar-refractivity contribution < 1.29 is 38.1 Å². The molecule has 4 rings (SSSR count). The smallest absolute Gasteiger partial charge is 0.333 e. The van der Waals surface area contributed by atoms with Gasteiger partial charge in [0.25, 0.3) is 0 Å². The maximum absolute atomic E-state index is 13.0. The lowest BCUT2D eigenvalue weighted by atomic mass is 9.44. The predicted octanol–water partition coefficient (Wildman–Crippen LogP) is 2.90. The quantitative estimate of drug-likeness (QED) is 0.217. The highest BCUT2D eigenvalue weighted by molar-refractivity contribution is 5.87. The van der Waals surface area contributed by atoms with Gasteiger partial charge in [0.15, 0.2) is 0 Å². The van der Waals surface area contributed by atoms with Crippen molar-refractivity contribution in [2.75, 3.05) is 26.4 Å². The Morgan fingerprint density at radius 2 is 1.03 bits per heavy atom. The Bertz CT molecular complexity index is 748. The molecular formula is C24H32O8. The molecular weight excluding hydrogens is 416 g/mol. The number of hydrogen-bond donors (Lipinski definition) is 0. The predicted molar refractivity (Wildman–Crippen MR) is 113 cm³/mol. The molecule has 4 bridgehead atoms. The van der Waals surface area contributed by atoms with Crippen LogP contribution < -0.4 is 0 Å². The van der Waals surface area contributed by atoms with Gasteiger partial charge in [0.1, 0.15) is 26.4 Å². The molecule has 0 spiro atoms. The molecule has 8 heteroatoms. The van der Waals surface area contributed by atoms with E-state index >= 15 is 0 Å². The minimum absolute atomic E-state index is 0.0273. The first-order chi connectivity index (χ1) is 15.1. The first kappa shape index (κ1) is 24.0. The third-order valence-corrected chi connectivity index (χ3v) is 6.72. The highest BCUT2D eigenvalue weighted by Gasteiger charge is 2.64. The van der Waals surface area contributed by atoms with E-state index in [9.17, 15) is 19.2 Å². The van der Waals surface area contributed by atoms with Crippen LogP contribution >= 0.6 is 0 Å². The largest absolute Gasteiger partial charge is 0.462 e. The summed E-state index contributed by atoms with van der Waals surface area (Å²) >= 11 is 0. The lowest BCUT2D eigenvalue weighted by Crippen LogP contribution is -2.58. The van der Waals surface area contributed by atoms with Crippen LogP contribution in [0.3, 0.4) is 0 Å². The first-order valence-corrected chi connectivity index (χ1v) is 11.1. The van der Waals surface area contributed by atoms with E-state index < -0.39 is 22.8 Å². The van der Waals surface area contributed by atoms with Crippen LogP contribution in [0.2, 0.25) is 0 Å². The molecule has 32 heavy (non-hydrogen) atoms. The van der Waals surface area contributed by atoms with Crippen LogP contribution in [-0.4, -0.2) is 50.3 Å². The number of ether oxygens (including phenoxy) is 4. The molecule has 8 nitrogen and oxygen atoms in total. The van der Waals surface area contributed by atoms with Crippen molar-refractivity contribution in [2.45, 2.75) is 52.4 Å². The van der Waals surface area contributed by atoms with Crippen LogP contribution in [0.15, 0.2) is 24.3 Å². The third kappa shape index (κ3) is 5.05. The third-order valence-electron chi connectivity index (χ3n) is 6.72. The number of hydrogen-bond acceptors (Lipinski definition) is 8. The number of esters is 4. The van der Waals surface area contributed by atoms with Gasteiger partial charge < -0.3 is 18.9 Å². The fourth-order valence-corrected chi connectivity index (χ4v) is 5.83. The second-order valence-electron chi connectivity index (χ2n) is 9.63. The maximum Gasteiger partial charge on any atom is 0.333 e. The molecule has 0 saturated heterocycles. The summed E-state index contributed by atoms with van der Waals surface area (Å²) in [6.07, 6.45) is 4.24. The van der Waals surface area contributed by atoms with Crippen molar-refractivity contribution in [2.24, 2.45) is 22.7 Å². The zero-order chi connectivity index (χ0) is 23.5. The Morgan fingerprint density at radius 1 is 0.688 bits per heavy atom. The van der Waals surface area contributed by atoms with Crippen molar-refractivity contribution in [3.63, 3.8) is 0 Å². The van der Waals surface area contributed by atoms with E-state index in [0.717, 1.165) is 6.42 Å². The molecule has 0 aromatic heterocycles. The van der Waals surface area contributed by atoms with Gasteiger partial charge in [-0.3, -0.25) is 9.59 Å². The lowest BCUT2D eigenvalue weighted by Gasteiger charge is -2.59. The van der Waals surface area contributed by atoms with E-state index in [1.165, 1.54) is 0 Å². The molecule has 0 heterocycles. The maximum atomic E-state index is 13.0. The monoisotopic (exact) mass is 448 g/mol. The molecule has 0 aliphatic heterocycles. The van der Waals surface area contributed by atoms with Gasteiger partial charge in [0, 0.05) is 11.1 Å². The lowest BCUT2D eigenvalue weighted by molar-refractivity contribution is -0.195. The van der Waals surface area contributed by atoms with Crippen molar-refractivity contribution in [1.82, 2.24) is 0 Å². The first-order valence-electron chi connectivity index (χ1n) is 11.1. The molecule has 4 fully saturated rings. The molecule has 0 radical (unpaired) electrons. The Morgan fingerprint density at radius 3 is 1.38 bits per heavy atom. The minimum atomic E-state index is -0.701. The minimum Gasteiger partial charge on any atom is -0.462 e. The van der Waals surface area contributed by atoms with Crippen molar-refractivity contribution in [3.8, 4) is 0 Å². The van der Waals surface area contributed by atoms with Crippen LogP contribution in [0, 0.1) is 22.7 Å². The summed E-state index contributed by atoms with van der Waals surface area (Å²) in [7, 11) is 0. The molecule has 4 saturated carbocycles. The average Bonchev–Trinajstić information content (AvgIpc) is 2.72. The van der Waals surface area contributed by atoms with Gasteiger partial charge >= 0.3 is 23.9 Å².